The molecule has 0 saturated heterocycles. The number of carbonyl (C=O) groups is 2. The molecule has 3 N–H and O–H groups in total. The van der Waals surface area contributed by atoms with E-state index in [1.807, 2.05) is 27.7 Å². The highest BCUT2D eigenvalue weighted by Gasteiger charge is 2.22. The highest BCUT2D eigenvalue weighted by molar-refractivity contribution is 7.15. The smallest absolute Gasteiger partial charge is 0.326 e. The predicted molar refractivity (Wildman–Crippen MR) is 87.9 cm³/mol. The molecule has 0 aliphatic heterocycles. The number of anilines is 1. The lowest BCUT2D eigenvalue weighted by Crippen LogP contribution is -2.42. The van der Waals surface area contributed by atoms with Crippen LogP contribution in [-0.2, 0) is 9.59 Å². The number of nitrogens with one attached hydrogen (secondary N) is 2. The van der Waals surface area contributed by atoms with E-state index in [1.165, 1.54) is 17.5 Å². The first kappa shape index (κ1) is 18.6. The van der Waals surface area contributed by atoms with Crippen LogP contribution in [0.25, 0.3) is 0 Å². The number of nitrogens with zero attached hydrogens (tertiary/aromatic N) is 2. The molecule has 0 bridgehead atoms. The maximum atomic E-state index is 12.0. The van der Waals surface area contributed by atoms with Gasteiger partial charge in [-0.25, -0.2) is 9.78 Å². The molecule has 124 valence electrons. The number of aliphatic carboxylic acids is 1. The Balaban J connectivity index is 2.79. The molecule has 0 aliphatic carbocycles. The third-order valence-corrected chi connectivity index (χ3v) is 4.05. The quantitative estimate of drug-likeness (QED) is 0.519. The first-order valence-electron chi connectivity index (χ1n) is 7.09. The van der Waals surface area contributed by atoms with Crippen molar-refractivity contribution in [3.05, 3.63) is 22.3 Å². The van der Waals surface area contributed by atoms with Crippen molar-refractivity contribution in [1.29, 1.82) is 5.26 Å². The van der Waals surface area contributed by atoms with Crippen LogP contribution in [-0.4, -0.2) is 28.0 Å². The number of thiazole rings is 1. The summed E-state index contributed by atoms with van der Waals surface area (Å²) in [6.45, 7) is 7.50. The van der Waals surface area contributed by atoms with Crippen molar-refractivity contribution in [3.63, 3.8) is 0 Å². The van der Waals surface area contributed by atoms with Gasteiger partial charge in [-0.2, -0.15) is 5.26 Å². The fourth-order valence-corrected chi connectivity index (χ4v) is 2.53. The van der Waals surface area contributed by atoms with Gasteiger partial charge in [-0.15, -0.1) is 11.3 Å². The molecule has 0 saturated carbocycles. The van der Waals surface area contributed by atoms with E-state index in [2.05, 4.69) is 15.6 Å². The summed E-state index contributed by atoms with van der Waals surface area (Å²) >= 11 is 1.40. The van der Waals surface area contributed by atoms with Crippen molar-refractivity contribution >= 4 is 28.3 Å². The summed E-state index contributed by atoms with van der Waals surface area (Å²) in [4.78, 5) is 28.5. The monoisotopic (exact) mass is 336 g/mol. The van der Waals surface area contributed by atoms with Crippen LogP contribution in [0.1, 0.15) is 30.8 Å². The molecule has 1 amide bonds. The number of carbonyl (C=O) groups excluding carboxylic acids is 1. The van der Waals surface area contributed by atoms with E-state index in [0.29, 0.717) is 5.13 Å². The van der Waals surface area contributed by atoms with Crippen molar-refractivity contribution < 1.29 is 14.7 Å². The van der Waals surface area contributed by atoms with Gasteiger partial charge in [0.15, 0.2) is 5.13 Å². The molecule has 1 unspecified atom stereocenters. The first-order chi connectivity index (χ1) is 10.7. The summed E-state index contributed by atoms with van der Waals surface area (Å²) in [6, 6.07) is 0.737. The molecule has 23 heavy (non-hydrogen) atoms. The van der Waals surface area contributed by atoms with Crippen molar-refractivity contribution in [2.75, 3.05) is 5.32 Å². The fraction of sp³-hybridized carbons (Fsp3) is 0.467. The van der Waals surface area contributed by atoms with Crippen LogP contribution in [0.15, 0.2) is 11.8 Å². The number of carboxylic acid groups (broad SMARTS) is 1. The molecule has 1 heterocycles. The lowest BCUT2D eigenvalue weighted by atomic mass is 10.0. The Kier molecular flexibility index (Phi) is 6.72. The first-order valence-corrected chi connectivity index (χ1v) is 7.90. The van der Waals surface area contributed by atoms with Crippen LogP contribution in [0.3, 0.4) is 0 Å². The summed E-state index contributed by atoms with van der Waals surface area (Å²) in [5.74, 6) is -1.74. The third-order valence-electron chi connectivity index (χ3n) is 3.04. The topological polar surface area (TPSA) is 115 Å². The summed E-state index contributed by atoms with van der Waals surface area (Å²) < 4.78 is 0. The zero-order chi connectivity index (χ0) is 17.6. The van der Waals surface area contributed by atoms with E-state index in [9.17, 15) is 9.59 Å². The van der Waals surface area contributed by atoms with Gasteiger partial charge in [0.2, 0.25) is 0 Å². The number of hydrogen-bond acceptors (Lipinski definition) is 6. The van der Waals surface area contributed by atoms with Crippen LogP contribution in [0, 0.1) is 31.1 Å². The van der Waals surface area contributed by atoms with Gasteiger partial charge in [-0.1, -0.05) is 13.8 Å². The van der Waals surface area contributed by atoms with Crippen LogP contribution in [0.2, 0.25) is 0 Å². The summed E-state index contributed by atoms with van der Waals surface area (Å²) in [6.07, 6.45) is 1.53. The fourth-order valence-electron chi connectivity index (χ4n) is 1.75. The Morgan fingerprint density at radius 2 is 2.09 bits per heavy atom. The molecule has 1 aromatic heterocycles. The van der Waals surface area contributed by atoms with Crippen LogP contribution >= 0.6 is 11.3 Å². The molecular formula is C15H20N4O3S. The van der Waals surface area contributed by atoms with Crippen LogP contribution in [0.5, 0.6) is 0 Å². The maximum absolute atomic E-state index is 12.0. The van der Waals surface area contributed by atoms with Gasteiger partial charge in [0, 0.05) is 11.1 Å². The minimum Gasteiger partial charge on any atom is -0.480 e. The molecule has 0 spiro atoms. The van der Waals surface area contributed by atoms with E-state index in [1.54, 1.807) is 6.07 Å². The zero-order valence-electron chi connectivity index (χ0n) is 13.5. The SMILES string of the molecule is Cc1nc(N/C=C(/C#N)C(=O)NC(CC(C)C)C(=O)O)sc1C. The van der Waals surface area contributed by atoms with Crippen LogP contribution < -0.4 is 10.6 Å². The van der Waals surface area contributed by atoms with Gasteiger partial charge < -0.3 is 15.7 Å². The van der Waals surface area contributed by atoms with Gasteiger partial charge in [0.05, 0.1) is 5.69 Å². The summed E-state index contributed by atoms with van der Waals surface area (Å²) in [7, 11) is 0. The number of amides is 1. The largest absolute Gasteiger partial charge is 0.480 e. The Labute approximate surface area is 139 Å². The number of carboxylic acids is 1. The zero-order valence-corrected chi connectivity index (χ0v) is 14.3. The van der Waals surface area contributed by atoms with Crippen LogP contribution in [0.4, 0.5) is 5.13 Å². The minimum atomic E-state index is -1.12. The Bertz CT molecular complexity index is 639. The van der Waals surface area contributed by atoms with E-state index >= 15 is 0 Å². The van der Waals surface area contributed by atoms with Crippen molar-refractivity contribution in [2.24, 2.45) is 5.92 Å². The Morgan fingerprint density at radius 3 is 2.52 bits per heavy atom. The second kappa shape index (κ2) is 8.29. The number of nitriles is 1. The Hall–Kier alpha value is -2.40. The standard InChI is InChI=1S/C15H20N4O3S/c1-8(2)5-12(14(21)22)19-13(20)11(6-16)7-17-15-18-9(3)10(4)23-15/h7-8,12H,5H2,1-4H3,(H,17,18)(H,19,20)(H,21,22)/b11-7-. The molecule has 0 radical (unpaired) electrons. The molecule has 0 aliphatic rings. The van der Waals surface area contributed by atoms with Gasteiger partial charge in [-0.05, 0) is 26.2 Å². The van der Waals surface area contributed by atoms with E-state index in [-0.39, 0.29) is 17.9 Å². The number of aromatic nitrogens is 1. The minimum absolute atomic E-state index is 0.102. The molecule has 1 atom stereocenters. The van der Waals surface area contributed by atoms with Gasteiger partial charge in [0.1, 0.15) is 17.7 Å². The summed E-state index contributed by atoms with van der Waals surface area (Å²) in [5, 5.41) is 23.9. The average Bonchev–Trinajstić information content (AvgIpc) is 2.77. The third kappa shape index (κ3) is 5.71. The molecule has 1 rings (SSSR count). The van der Waals surface area contributed by atoms with Crippen molar-refractivity contribution in [2.45, 2.75) is 40.2 Å². The number of rotatable bonds is 7. The van der Waals surface area contributed by atoms with Crippen molar-refractivity contribution in [1.82, 2.24) is 10.3 Å². The van der Waals surface area contributed by atoms with Crippen molar-refractivity contribution in [3.8, 4) is 6.07 Å². The van der Waals surface area contributed by atoms with Gasteiger partial charge in [0.25, 0.3) is 5.91 Å². The predicted octanol–water partition coefficient (Wildman–Crippen LogP) is 2.19. The lowest BCUT2D eigenvalue weighted by molar-refractivity contribution is -0.141. The van der Waals surface area contributed by atoms with E-state index in [4.69, 9.17) is 10.4 Å². The normalized spacial score (nSPS) is 12.6. The second-order valence-corrected chi connectivity index (χ2v) is 6.67. The lowest BCUT2D eigenvalue weighted by Gasteiger charge is -2.16. The molecule has 0 aromatic carbocycles. The van der Waals surface area contributed by atoms with Gasteiger partial charge >= 0.3 is 5.97 Å². The highest BCUT2D eigenvalue weighted by Crippen LogP contribution is 2.21. The molecule has 0 fully saturated rings. The number of aryl methyl sites for hydroxylation is 2. The molecular weight excluding hydrogens is 316 g/mol. The Morgan fingerprint density at radius 1 is 1.43 bits per heavy atom. The average molecular weight is 336 g/mol. The molecule has 8 heteroatoms. The van der Waals surface area contributed by atoms with E-state index < -0.39 is 17.9 Å². The maximum Gasteiger partial charge on any atom is 0.326 e. The highest BCUT2D eigenvalue weighted by atomic mass is 32.1. The summed E-state index contributed by atoms with van der Waals surface area (Å²) in [5.41, 5.74) is 0.669. The van der Waals surface area contributed by atoms with Gasteiger partial charge in [-0.3, -0.25) is 4.79 Å². The molecule has 1 aromatic rings. The second-order valence-electron chi connectivity index (χ2n) is 5.47. The molecule has 7 nitrogen and oxygen atoms in total. The number of hydrogen-bond donors (Lipinski definition) is 3. The van der Waals surface area contributed by atoms with E-state index in [0.717, 1.165) is 10.6 Å².